The molecule has 2 aliphatic rings. The maximum absolute atomic E-state index is 12.3. The highest BCUT2D eigenvalue weighted by atomic mass is 19.4. The first-order valence-electron chi connectivity index (χ1n) is 9.76. The molecule has 158 valence electrons. The predicted molar refractivity (Wildman–Crippen MR) is 100 cm³/mol. The second-order valence-corrected chi connectivity index (χ2v) is 7.80. The van der Waals surface area contributed by atoms with Crippen molar-refractivity contribution in [3.05, 3.63) is 24.3 Å². The highest BCUT2D eigenvalue weighted by Crippen LogP contribution is 2.36. The molecule has 2 heterocycles. The Morgan fingerprint density at radius 2 is 1.72 bits per heavy atom. The predicted octanol–water partition coefficient (Wildman–Crippen LogP) is 3.96. The zero-order valence-corrected chi connectivity index (χ0v) is 16.2. The Labute approximate surface area is 166 Å². The fourth-order valence-electron chi connectivity index (χ4n) is 4.06. The maximum atomic E-state index is 12.3. The Bertz CT molecular complexity index is 821. The average molecular weight is 411 g/mol. The Morgan fingerprint density at radius 1 is 1.10 bits per heavy atom. The van der Waals surface area contributed by atoms with Gasteiger partial charge in [-0.25, -0.2) is 4.68 Å². The summed E-state index contributed by atoms with van der Waals surface area (Å²) >= 11 is 0. The lowest BCUT2D eigenvalue weighted by molar-refractivity contribution is -0.274. The van der Waals surface area contributed by atoms with E-state index in [1.54, 1.807) is 4.68 Å². The van der Waals surface area contributed by atoms with Crippen molar-refractivity contribution in [1.29, 1.82) is 0 Å². The third-order valence-corrected chi connectivity index (χ3v) is 5.39. The fraction of sp³-hybridized carbons (Fsp3) is 0.579. The van der Waals surface area contributed by atoms with Crippen LogP contribution in [0, 0.1) is 11.8 Å². The van der Waals surface area contributed by atoms with Crippen molar-refractivity contribution in [2.75, 3.05) is 18.4 Å². The summed E-state index contributed by atoms with van der Waals surface area (Å²) < 4.78 is 48.2. The van der Waals surface area contributed by atoms with Gasteiger partial charge in [0.15, 0.2) is 0 Å². The summed E-state index contributed by atoms with van der Waals surface area (Å²) in [5, 5.41) is 11.5. The molecule has 4 rings (SSSR count). The van der Waals surface area contributed by atoms with Gasteiger partial charge in [-0.05, 0) is 75.9 Å². The van der Waals surface area contributed by atoms with Gasteiger partial charge in [-0.3, -0.25) is 0 Å². The zero-order valence-electron chi connectivity index (χ0n) is 16.2. The molecule has 0 unspecified atom stereocenters. The topological polar surface area (TPSA) is 73.2 Å². The molecule has 1 aromatic heterocycles. The van der Waals surface area contributed by atoms with Gasteiger partial charge in [0.1, 0.15) is 11.5 Å². The van der Waals surface area contributed by atoms with E-state index in [0.717, 1.165) is 13.1 Å². The molecule has 3 atom stereocenters. The zero-order chi connectivity index (χ0) is 20.6. The van der Waals surface area contributed by atoms with Crippen molar-refractivity contribution < 1.29 is 22.6 Å². The number of anilines is 1. The summed E-state index contributed by atoms with van der Waals surface area (Å²) in [6.45, 7) is 5.91. The monoisotopic (exact) mass is 411 g/mol. The van der Waals surface area contributed by atoms with Crippen molar-refractivity contribution in [1.82, 2.24) is 20.1 Å². The molecule has 10 heteroatoms. The first kappa shape index (κ1) is 19.8. The number of ether oxygens (including phenoxy) is 2. The highest BCUT2D eigenvalue weighted by molar-refractivity contribution is 5.35. The third-order valence-electron chi connectivity index (χ3n) is 5.39. The quantitative estimate of drug-likeness (QED) is 0.750. The number of alkyl halides is 3. The molecular formula is C19H24F3N5O2. The van der Waals surface area contributed by atoms with Crippen molar-refractivity contribution in [2.45, 2.75) is 45.1 Å². The largest absolute Gasteiger partial charge is 0.573 e. The van der Waals surface area contributed by atoms with E-state index in [4.69, 9.17) is 4.74 Å². The van der Waals surface area contributed by atoms with Crippen molar-refractivity contribution >= 4 is 5.95 Å². The van der Waals surface area contributed by atoms with E-state index >= 15 is 0 Å². The van der Waals surface area contributed by atoms with Gasteiger partial charge in [0.25, 0.3) is 0 Å². The normalized spacial score (nSPS) is 24.0. The number of fused-ring (bicyclic) bond motifs is 2. The summed E-state index contributed by atoms with van der Waals surface area (Å²) in [7, 11) is 0. The van der Waals surface area contributed by atoms with Crippen molar-refractivity contribution in [3.8, 4) is 17.5 Å². The molecule has 7 nitrogen and oxygen atoms in total. The summed E-state index contributed by atoms with van der Waals surface area (Å²) in [4.78, 5) is 4.49. The Balaban J connectivity index is 1.48. The summed E-state index contributed by atoms with van der Waals surface area (Å²) in [5.41, 5.74) is 0. The summed E-state index contributed by atoms with van der Waals surface area (Å²) in [5.74, 6) is 1.67. The van der Waals surface area contributed by atoms with Crippen LogP contribution >= 0.6 is 0 Å². The molecular weight excluding hydrogens is 387 g/mol. The second kappa shape index (κ2) is 7.74. The van der Waals surface area contributed by atoms with Crippen LogP contribution in [0.2, 0.25) is 0 Å². The molecule has 1 aliphatic heterocycles. The standard InChI is InChI=1S/C19H24F3N5O2/c1-11(2)27-18(28-14-5-7-15(8-6-14)29-19(20,21)22)25-17(26-27)24-16-12-3-4-13(16)10-23-9-12/h5-8,11-13,16,23H,3-4,9-10H2,1-2H3,(H,24,26)/t12-,13+,16+. The lowest BCUT2D eigenvalue weighted by Crippen LogP contribution is -2.45. The van der Waals surface area contributed by atoms with E-state index in [1.807, 2.05) is 13.8 Å². The molecule has 1 aromatic carbocycles. The second-order valence-electron chi connectivity index (χ2n) is 7.80. The van der Waals surface area contributed by atoms with Gasteiger partial charge in [-0.1, -0.05) is 0 Å². The van der Waals surface area contributed by atoms with E-state index in [1.165, 1.54) is 37.1 Å². The van der Waals surface area contributed by atoms with Crippen LogP contribution in [0.25, 0.3) is 0 Å². The minimum atomic E-state index is -4.73. The number of nitrogens with zero attached hydrogens (tertiary/aromatic N) is 3. The number of rotatable bonds is 6. The van der Waals surface area contributed by atoms with E-state index < -0.39 is 6.36 Å². The minimum Gasteiger partial charge on any atom is -0.424 e. The number of piperidine rings is 1. The average Bonchev–Trinajstić information content (AvgIpc) is 3.12. The van der Waals surface area contributed by atoms with Crippen LogP contribution in [0.1, 0.15) is 32.7 Å². The molecule has 29 heavy (non-hydrogen) atoms. The summed E-state index contributed by atoms with van der Waals surface area (Å²) in [6, 6.07) is 5.83. The van der Waals surface area contributed by atoms with E-state index in [0.29, 0.717) is 29.6 Å². The van der Waals surface area contributed by atoms with Gasteiger partial charge in [0.2, 0.25) is 5.95 Å². The van der Waals surface area contributed by atoms with Gasteiger partial charge in [0.05, 0.1) is 6.04 Å². The van der Waals surface area contributed by atoms with Gasteiger partial charge in [0, 0.05) is 6.04 Å². The van der Waals surface area contributed by atoms with Crippen LogP contribution in [-0.4, -0.2) is 40.3 Å². The number of halogens is 3. The molecule has 2 fully saturated rings. The van der Waals surface area contributed by atoms with Crippen LogP contribution < -0.4 is 20.1 Å². The van der Waals surface area contributed by atoms with Crippen LogP contribution in [0.3, 0.4) is 0 Å². The first-order valence-corrected chi connectivity index (χ1v) is 9.76. The van der Waals surface area contributed by atoms with Crippen LogP contribution in [-0.2, 0) is 0 Å². The molecule has 1 saturated heterocycles. The lowest BCUT2D eigenvalue weighted by Gasteiger charge is -2.30. The first-order chi connectivity index (χ1) is 13.8. The van der Waals surface area contributed by atoms with E-state index in [9.17, 15) is 13.2 Å². The molecule has 2 bridgehead atoms. The number of nitrogens with one attached hydrogen (secondary N) is 2. The maximum Gasteiger partial charge on any atom is 0.573 e. The number of aromatic nitrogens is 3. The van der Waals surface area contributed by atoms with E-state index in [2.05, 4.69) is 25.5 Å². The minimum absolute atomic E-state index is 0.00521. The third kappa shape index (κ3) is 4.58. The van der Waals surface area contributed by atoms with Crippen molar-refractivity contribution in [2.24, 2.45) is 11.8 Å². The number of hydrogen-bond acceptors (Lipinski definition) is 6. The summed E-state index contributed by atoms with van der Waals surface area (Å²) in [6.07, 6.45) is -2.35. The highest BCUT2D eigenvalue weighted by Gasteiger charge is 2.39. The molecule has 0 amide bonds. The molecule has 0 radical (unpaired) electrons. The Kier molecular flexibility index (Phi) is 5.28. The molecule has 2 aromatic rings. The van der Waals surface area contributed by atoms with Gasteiger partial charge in [-0.2, -0.15) is 4.98 Å². The number of benzene rings is 1. The molecule has 2 N–H and O–H groups in total. The molecule has 1 aliphatic carbocycles. The van der Waals surface area contributed by atoms with Gasteiger partial charge in [-0.15, -0.1) is 18.3 Å². The van der Waals surface area contributed by atoms with Crippen LogP contribution in [0.15, 0.2) is 24.3 Å². The molecule has 0 spiro atoms. The van der Waals surface area contributed by atoms with Gasteiger partial charge >= 0.3 is 12.4 Å². The van der Waals surface area contributed by atoms with Crippen LogP contribution in [0.5, 0.6) is 17.5 Å². The lowest BCUT2D eigenvalue weighted by atomic mass is 9.94. The van der Waals surface area contributed by atoms with E-state index in [-0.39, 0.29) is 17.8 Å². The van der Waals surface area contributed by atoms with Crippen molar-refractivity contribution in [3.63, 3.8) is 0 Å². The molecule has 1 saturated carbocycles. The van der Waals surface area contributed by atoms with Gasteiger partial charge < -0.3 is 20.1 Å². The Hall–Kier alpha value is -2.49. The SMILES string of the molecule is CC(C)n1nc(N[C@H]2[C@@H]3CC[C@H]2CNC3)nc1Oc1ccc(OC(F)(F)F)cc1. The Morgan fingerprint density at radius 3 is 2.31 bits per heavy atom. The van der Waals surface area contributed by atoms with Crippen LogP contribution in [0.4, 0.5) is 19.1 Å². The fourth-order valence-corrected chi connectivity index (χ4v) is 4.06. The smallest absolute Gasteiger partial charge is 0.424 e. The number of hydrogen-bond donors (Lipinski definition) is 2.